The van der Waals surface area contributed by atoms with E-state index in [0.717, 1.165) is 11.3 Å². The van der Waals surface area contributed by atoms with Crippen LogP contribution in [-0.2, 0) is 16.0 Å². The number of hydrogen-bond donors (Lipinski definition) is 2. The molecule has 1 aliphatic rings. The Bertz CT molecular complexity index is 789. The maximum Gasteiger partial charge on any atom is 0.227 e. The molecule has 2 aromatic carbocycles. The second kappa shape index (κ2) is 7.70. The van der Waals surface area contributed by atoms with Gasteiger partial charge in [0.15, 0.2) is 0 Å². The Morgan fingerprint density at radius 2 is 2.16 bits per heavy atom. The molecule has 130 valence electrons. The van der Waals surface area contributed by atoms with Gasteiger partial charge in [0.25, 0.3) is 0 Å². The number of hydrogen-bond acceptors (Lipinski definition) is 4. The SMILES string of the molecule is COc1cccc(CCC(=O)Nc2ccc3c(c2)NC(=O)CCO3)c1. The highest BCUT2D eigenvalue weighted by Crippen LogP contribution is 2.30. The van der Waals surface area contributed by atoms with E-state index in [0.29, 0.717) is 43.0 Å². The zero-order valence-corrected chi connectivity index (χ0v) is 14.0. The Labute approximate surface area is 146 Å². The van der Waals surface area contributed by atoms with E-state index < -0.39 is 0 Å². The zero-order chi connectivity index (χ0) is 17.6. The van der Waals surface area contributed by atoms with E-state index in [1.54, 1.807) is 25.3 Å². The van der Waals surface area contributed by atoms with Gasteiger partial charge in [0.2, 0.25) is 11.8 Å². The molecule has 0 atom stereocenters. The van der Waals surface area contributed by atoms with Crippen molar-refractivity contribution in [3.8, 4) is 11.5 Å². The largest absolute Gasteiger partial charge is 0.497 e. The summed E-state index contributed by atoms with van der Waals surface area (Å²) in [6.45, 7) is 0.352. The van der Waals surface area contributed by atoms with Gasteiger partial charge in [-0.05, 0) is 42.3 Å². The predicted octanol–water partition coefficient (Wildman–Crippen LogP) is 2.99. The third-order valence-electron chi connectivity index (χ3n) is 3.90. The van der Waals surface area contributed by atoms with Crippen molar-refractivity contribution in [2.75, 3.05) is 24.4 Å². The van der Waals surface area contributed by atoms with E-state index >= 15 is 0 Å². The Morgan fingerprint density at radius 3 is 3.00 bits per heavy atom. The van der Waals surface area contributed by atoms with E-state index in [4.69, 9.17) is 9.47 Å². The first-order valence-corrected chi connectivity index (χ1v) is 8.13. The molecule has 0 unspecified atom stereocenters. The van der Waals surface area contributed by atoms with Crippen LogP contribution < -0.4 is 20.1 Å². The minimum Gasteiger partial charge on any atom is -0.497 e. The van der Waals surface area contributed by atoms with Crippen LogP contribution >= 0.6 is 0 Å². The maximum absolute atomic E-state index is 12.2. The highest BCUT2D eigenvalue weighted by Gasteiger charge is 2.14. The average molecular weight is 340 g/mol. The van der Waals surface area contributed by atoms with Gasteiger partial charge < -0.3 is 20.1 Å². The number of fused-ring (bicyclic) bond motifs is 1. The van der Waals surface area contributed by atoms with Crippen LogP contribution in [0.1, 0.15) is 18.4 Å². The molecule has 6 nitrogen and oxygen atoms in total. The molecule has 0 spiro atoms. The molecule has 1 aliphatic heterocycles. The Morgan fingerprint density at radius 1 is 1.28 bits per heavy atom. The van der Waals surface area contributed by atoms with Gasteiger partial charge in [0, 0.05) is 12.1 Å². The van der Waals surface area contributed by atoms with Gasteiger partial charge in [-0.1, -0.05) is 12.1 Å². The van der Waals surface area contributed by atoms with Crippen molar-refractivity contribution in [1.29, 1.82) is 0 Å². The number of amides is 2. The Hall–Kier alpha value is -3.02. The molecule has 3 rings (SSSR count). The maximum atomic E-state index is 12.2. The number of methoxy groups -OCH3 is 1. The normalized spacial score (nSPS) is 13.1. The van der Waals surface area contributed by atoms with Gasteiger partial charge in [-0.25, -0.2) is 0 Å². The van der Waals surface area contributed by atoms with Crippen molar-refractivity contribution < 1.29 is 19.1 Å². The third kappa shape index (κ3) is 4.50. The first kappa shape index (κ1) is 16.8. The second-order valence-corrected chi connectivity index (χ2v) is 5.76. The van der Waals surface area contributed by atoms with Gasteiger partial charge in [-0.2, -0.15) is 0 Å². The molecule has 1 heterocycles. The summed E-state index contributed by atoms with van der Waals surface area (Å²) in [7, 11) is 1.62. The molecule has 0 radical (unpaired) electrons. The molecule has 25 heavy (non-hydrogen) atoms. The topological polar surface area (TPSA) is 76.7 Å². The van der Waals surface area contributed by atoms with E-state index in [9.17, 15) is 9.59 Å². The number of carbonyl (C=O) groups excluding carboxylic acids is 2. The summed E-state index contributed by atoms with van der Waals surface area (Å²) < 4.78 is 10.7. The van der Waals surface area contributed by atoms with Crippen molar-refractivity contribution in [3.05, 3.63) is 48.0 Å². The molecule has 0 bridgehead atoms. The molecule has 0 saturated heterocycles. The average Bonchev–Trinajstić information content (AvgIpc) is 2.80. The lowest BCUT2D eigenvalue weighted by atomic mass is 10.1. The van der Waals surface area contributed by atoms with Gasteiger partial charge in [0.1, 0.15) is 11.5 Å². The molecule has 0 aromatic heterocycles. The standard InChI is InChI=1S/C19H20N2O4/c1-24-15-4-2-3-13(11-15)5-8-18(22)20-14-6-7-17-16(12-14)21-19(23)9-10-25-17/h2-4,6-7,11-12H,5,8-10H2,1H3,(H,20,22)(H,21,23). The fourth-order valence-electron chi connectivity index (χ4n) is 2.61. The molecular formula is C19H20N2O4. The number of aryl methyl sites for hydroxylation is 1. The number of nitrogens with one attached hydrogen (secondary N) is 2. The van der Waals surface area contributed by atoms with Crippen LogP contribution in [0.5, 0.6) is 11.5 Å². The number of ether oxygens (including phenoxy) is 2. The second-order valence-electron chi connectivity index (χ2n) is 5.76. The summed E-state index contributed by atoms with van der Waals surface area (Å²) in [5.74, 6) is 1.20. The number of rotatable bonds is 5. The van der Waals surface area contributed by atoms with Crippen LogP contribution in [0.25, 0.3) is 0 Å². The molecule has 2 N–H and O–H groups in total. The minimum atomic E-state index is -0.0970. The molecule has 2 amide bonds. The van der Waals surface area contributed by atoms with Gasteiger partial charge in [-0.15, -0.1) is 0 Å². The predicted molar refractivity (Wildman–Crippen MR) is 95.1 cm³/mol. The quantitative estimate of drug-likeness (QED) is 0.877. The number of anilines is 2. The van der Waals surface area contributed by atoms with Crippen molar-refractivity contribution in [1.82, 2.24) is 0 Å². The van der Waals surface area contributed by atoms with E-state index in [1.165, 1.54) is 0 Å². The third-order valence-corrected chi connectivity index (χ3v) is 3.90. The van der Waals surface area contributed by atoms with E-state index in [1.807, 2.05) is 24.3 Å². The summed E-state index contributed by atoms with van der Waals surface area (Å²) >= 11 is 0. The molecule has 0 fully saturated rings. The summed E-state index contributed by atoms with van der Waals surface area (Å²) in [4.78, 5) is 23.8. The number of benzene rings is 2. The lowest BCUT2D eigenvalue weighted by Gasteiger charge is -2.11. The van der Waals surface area contributed by atoms with Crippen LogP contribution in [0.4, 0.5) is 11.4 Å². The zero-order valence-electron chi connectivity index (χ0n) is 14.0. The van der Waals surface area contributed by atoms with Crippen molar-refractivity contribution >= 4 is 23.2 Å². The van der Waals surface area contributed by atoms with Crippen molar-refractivity contribution in [2.45, 2.75) is 19.3 Å². The van der Waals surface area contributed by atoms with Crippen molar-refractivity contribution in [2.24, 2.45) is 0 Å². The van der Waals surface area contributed by atoms with Crippen LogP contribution in [0, 0.1) is 0 Å². The molecule has 6 heteroatoms. The van der Waals surface area contributed by atoms with E-state index in [-0.39, 0.29) is 11.8 Å². The van der Waals surface area contributed by atoms with Gasteiger partial charge >= 0.3 is 0 Å². The molecule has 0 aliphatic carbocycles. The molecule has 0 saturated carbocycles. The van der Waals surface area contributed by atoms with Gasteiger partial charge in [-0.3, -0.25) is 9.59 Å². The van der Waals surface area contributed by atoms with Crippen LogP contribution in [0.15, 0.2) is 42.5 Å². The Balaban J connectivity index is 1.60. The lowest BCUT2D eigenvalue weighted by molar-refractivity contribution is -0.117. The van der Waals surface area contributed by atoms with E-state index in [2.05, 4.69) is 10.6 Å². The van der Waals surface area contributed by atoms with Crippen LogP contribution in [0.3, 0.4) is 0 Å². The fourth-order valence-corrected chi connectivity index (χ4v) is 2.61. The van der Waals surface area contributed by atoms with Crippen LogP contribution in [-0.4, -0.2) is 25.5 Å². The Kier molecular flexibility index (Phi) is 5.18. The first-order chi connectivity index (χ1) is 12.1. The minimum absolute atomic E-state index is 0.0939. The summed E-state index contributed by atoms with van der Waals surface area (Å²) in [5, 5.41) is 5.63. The summed E-state index contributed by atoms with van der Waals surface area (Å²) in [6.07, 6.45) is 1.29. The highest BCUT2D eigenvalue weighted by atomic mass is 16.5. The fraction of sp³-hybridized carbons (Fsp3) is 0.263. The smallest absolute Gasteiger partial charge is 0.227 e. The molecule has 2 aromatic rings. The first-order valence-electron chi connectivity index (χ1n) is 8.13. The highest BCUT2D eigenvalue weighted by molar-refractivity contribution is 5.96. The summed E-state index contributed by atoms with van der Waals surface area (Å²) in [5.41, 5.74) is 2.24. The monoisotopic (exact) mass is 340 g/mol. The molecular weight excluding hydrogens is 320 g/mol. The van der Waals surface area contributed by atoms with Crippen molar-refractivity contribution in [3.63, 3.8) is 0 Å². The number of carbonyl (C=O) groups is 2. The summed E-state index contributed by atoms with van der Waals surface area (Å²) in [6, 6.07) is 12.9. The van der Waals surface area contributed by atoms with Crippen LogP contribution in [0.2, 0.25) is 0 Å². The lowest BCUT2D eigenvalue weighted by Crippen LogP contribution is -2.13. The van der Waals surface area contributed by atoms with Gasteiger partial charge in [0.05, 0.1) is 25.8 Å².